The first kappa shape index (κ1) is 19.3. The Morgan fingerprint density at radius 1 is 1.07 bits per heavy atom. The number of hydrogen-bond acceptors (Lipinski definition) is 3. The average Bonchev–Trinajstić information content (AvgIpc) is 3.10. The van der Waals surface area contributed by atoms with Gasteiger partial charge in [-0.3, -0.25) is 0 Å². The zero-order valence-corrected chi connectivity index (χ0v) is 15.0. The van der Waals surface area contributed by atoms with Crippen molar-refractivity contribution < 1.29 is 27.4 Å². The summed E-state index contributed by atoms with van der Waals surface area (Å²) in [5.41, 5.74) is -1.47. The molecule has 0 amide bonds. The fraction of sp³-hybridized carbons (Fsp3) is 0.381. The molecule has 2 aromatic carbocycles. The Hall–Kier alpha value is -2.50. The van der Waals surface area contributed by atoms with E-state index in [1.54, 1.807) is 30.3 Å². The molecule has 0 saturated heterocycles. The molecule has 0 spiro atoms. The van der Waals surface area contributed by atoms with Crippen LogP contribution in [0.4, 0.5) is 13.2 Å². The minimum absolute atomic E-state index is 0.0195. The Morgan fingerprint density at radius 3 is 2.33 bits per heavy atom. The SMILES string of the molecule is CCC1(Oc2cc(C(=O)Oc3ccccc3)ccc2C(F)(F)F)CCCC1. The van der Waals surface area contributed by atoms with E-state index in [0.29, 0.717) is 25.0 Å². The molecule has 6 heteroatoms. The van der Waals surface area contributed by atoms with Crippen molar-refractivity contribution in [2.75, 3.05) is 0 Å². The lowest BCUT2D eigenvalue weighted by atomic mass is 9.98. The number of carbonyl (C=O) groups is 1. The van der Waals surface area contributed by atoms with E-state index in [1.807, 2.05) is 6.92 Å². The Bertz CT molecular complexity index is 794. The third-order valence-corrected chi connectivity index (χ3v) is 4.96. The highest BCUT2D eigenvalue weighted by molar-refractivity contribution is 5.91. The topological polar surface area (TPSA) is 35.5 Å². The predicted octanol–water partition coefficient (Wildman–Crippen LogP) is 6.03. The summed E-state index contributed by atoms with van der Waals surface area (Å²) in [5.74, 6) is -0.712. The van der Waals surface area contributed by atoms with Gasteiger partial charge in [0.15, 0.2) is 0 Å². The normalized spacial score (nSPS) is 16.1. The van der Waals surface area contributed by atoms with Gasteiger partial charge in [0.1, 0.15) is 17.1 Å². The lowest BCUT2D eigenvalue weighted by molar-refractivity contribution is -0.140. The Kier molecular flexibility index (Phi) is 5.44. The highest BCUT2D eigenvalue weighted by atomic mass is 19.4. The van der Waals surface area contributed by atoms with Crippen LogP contribution < -0.4 is 9.47 Å². The van der Waals surface area contributed by atoms with E-state index >= 15 is 0 Å². The van der Waals surface area contributed by atoms with Crippen LogP contribution in [0.3, 0.4) is 0 Å². The van der Waals surface area contributed by atoms with Crippen LogP contribution in [0.25, 0.3) is 0 Å². The van der Waals surface area contributed by atoms with Crippen molar-refractivity contribution in [3.05, 3.63) is 59.7 Å². The Balaban J connectivity index is 1.92. The lowest BCUT2D eigenvalue weighted by Gasteiger charge is -2.30. The number of carbonyl (C=O) groups excluding carboxylic acids is 1. The van der Waals surface area contributed by atoms with E-state index in [4.69, 9.17) is 9.47 Å². The van der Waals surface area contributed by atoms with Crippen molar-refractivity contribution in [1.82, 2.24) is 0 Å². The van der Waals surface area contributed by atoms with Crippen molar-refractivity contribution in [1.29, 1.82) is 0 Å². The molecule has 0 bridgehead atoms. The Labute approximate surface area is 156 Å². The number of rotatable bonds is 5. The molecule has 0 aliphatic heterocycles. The first-order valence-corrected chi connectivity index (χ1v) is 9.00. The van der Waals surface area contributed by atoms with Crippen LogP contribution in [0.1, 0.15) is 54.9 Å². The van der Waals surface area contributed by atoms with Crippen LogP contribution in [-0.2, 0) is 6.18 Å². The van der Waals surface area contributed by atoms with Crippen molar-refractivity contribution in [3.8, 4) is 11.5 Å². The molecule has 1 fully saturated rings. The van der Waals surface area contributed by atoms with Gasteiger partial charge in [-0.05, 0) is 62.4 Å². The summed E-state index contributed by atoms with van der Waals surface area (Å²) in [4.78, 5) is 12.4. The number of para-hydroxylation sites is 1. The van der Waals surface area contributed by atoms with Gasteiger partial charge in [-0.1, -0.05) is 25.1 Å². The lowest BCUT2D eigenvalue weighted by Crippen LogP contribution is -2.32. The van der Waals surface area contributed by atoms with Gasteiger partial charge >= 0.3 is 12.1 Å². The van der Waals surface area contributed by atoms with E-state index in [1.165, 1.54) is 0 Å². The maximum absolute atomic E-state index is 13.4. The zero-order chi connectivity index (χ0) is 19.5. The fourth-order valence-corrected chi connectivity index (χ4v) is 3.40. The third kappa shape index (κ3) is 4.43. The second kappa shape index (κ2) is 7.62. The summed E-state index contributed by atoms with van der Waals surface area (Å²) < 4.78 is 51.4. The third-order valence-electron chi connectivity index (χ3n) is 4.96. The van der Waals surface area contributed by atoms with Gasteiger partial charge < -0.3 is 9.47 Å². The molecular formula is C21H21F3O3. The van der Waals surface area contributed by atoms with E-state index in [2.05, 4.69) is 0 Å². The summed E-state index contributed by atoms with van der Waals surface area (Å²) in [5, 5.41) is 0. The Morgan fingerprint density at radius 2 is 1.74 bits per heavy atom. The monoisotopic (exact) mass is 378 g/mol. The van der Waals surface area contributed by atoms with Gasteiger partial charge in [0.2, 0.25) is 0 Å². The molecule has 27 heavy (non-hydrogen) atoms. The van der Waals surface area contributed by atoms with Crippen molar-refractivity contribution in [2.45, 2.75) is 50.8 Å². The maximum atomic E-state index is 13.4. The highest BCUT2D eigenvalue weighted by Gasteiger charge is 2.39. The average molecular weight is 378 g/mol. The van der Waals surface area contributed by atoms with E-state index < -0.39 is 23.3 Å². The van der Waals surface area contributed by atoms with E-state index in [9.17, 15) is 18.0 Å². The van der Waals surface area contributed by atoms with E-state index in [0.717, 1.165) is 31.0 Å². The minimum Gasteiger partial charge on any atom is -0.487 e. The molecule has 1 saturated carbocycles. The molecule has 3 rings (SSSR count). The molecule has 0 heterocycles. The summed E-state index contributed by atoms with van der Waals surface area (Å²) in [6.45, 7) is 1.91. The number of ether oxygens (including phenoxy) is 2. The van der Waals surface area contributed by atoms with Crippen LogP contribution in [0.2, 0.25) is 0 Å². The van der Waals surface area contributed by atoms with Crippen LogP contribution in [0, 0.1) is 0 Å². The van der Waals surface area contributed by atoms with Gasteiger partial charge in [-0.2, -0.15) is 13.2 Å². The minimum atomic E-state index is -4.56. The number of esters is 1. The summed E-state index contributed by atoms with van der Waals surface area (Å²) in [6.07, 6.45) is -0.692. The second-order valence-corrected chi connectivity index (χ2v) is 6.76. The molecule has 1 aliphatic rings. The summed E-state index contributed by atoms with van der Waals surface area (Å²) in [7, 11) is 0. The quantitative estimate of drug-likeness (QED) is 0.471. The number of halogens is 3. The van der Waals surface area contributed by atoms with Gasteiger partial charge in [0.05, 0.1) is 11.1 Å². The second-order valence-electron chi connectivity index (χ2n) is 6.76. The van der Waals surface area contributed by atoms with Crippen LogP contribution in [0.15, 0.2) is 48.5 Å². The van der Waals surface area contributed by atoms with Crippen LogP contribution in [-0.4, -0.2) is 11.6 Å². The van der Waals surface area contributed by atoms with Crippen molar-refractivity contribution >= 4 is 5.97 Å². The molecule has 3 nitrogen and oxygen atoms in total. The molecule has 2 aromatic rings. The summed E-state index contributed by atoms with van der Waals surface area (Å²) >= 11 is 0. The van der Waals surface area contributed by atoms with Gasteiger partial charge in [0, 0.05) is 0 Å². The van der Waals surface area contributed by atoms with Crippen LogP contribution in [0.5, 0.6) is 11.5 Å². The molecule has 1 aliphatic carbocycles. The standard InChI is InChI=1S/C21H21F3O3/c1-2-20(12-6-7-13-20)27-18-14-15(10-11-17(18)21(22,23)24)19(25)26-16-8-4-3-5-9-16/h3-5,8-11,14H,2,6-7,12-13H2,1H3. The molecule has 0 atom stereocenters. The summed E-state index contributed by atoms with van der Waals surface area (Å²) in [6, 6.07) is 11.5. The van der Waals surface area contributed by atoms with Gasteiger partial charge in [-0.15, -0.1) is 0 Å². The molecule has 144 valence electrons. The first-order chi connectivity index (χ1) is 12.8. The largest absolute Gasteiger partial charge is 0.487 e. The molecule has 0 radical (unpaired) electrons. The first-order valence-electron chi connectivity index (χ1n) is 9.00. The zero-order valence-electron chi connectivity index (χ0n) is 15.0. The van der Waals surface area contributed by atoms with E-state index in [-0.39, 0.29) is 11.3 Å². The van der Waals surface area contributed by atoms with Crippen molar-refractivity contribution in [3.63, 3.8) is 0 Å². The van der Waals surface area contributed by atoms with Crippen molar-refractivity contribution in [2.24, 2.45) is 0 Å². The smallest absolute Gasteiger partial charge is 0.419 e. The number of alkyl halides is 3. The number of hydrogen-bond donors (Lipinski definition) is 0. The molecular weight excluding hydrogens is 357 g/mol. The maximum Gasteiger partial charge on any atom is 0.419 e. The molecule has 0 aromatic heterocycles. The number of benzene rings is 2. The van der Waals surface area contributed by atoms with Gasteiger partial charge in [0.25, 0.3) is 0 Å². The highest BCUT2D eigenvalue weighted by Crippen LogP contribution is 2.42. The molecule has 0 N–H and O–H groups in total. The van der Waals surface area contributed by atoms with Crippen LogP contribution >= 0.6 is 0 Å². The fourth-order valence-electron chi connectivity index (χ4n) is 3.40. The van der Waals surface area contributed by atoms with Gasteiger partial charge in [-0.25, -0.2) is 4.79 Å². The predicted molar refractivity (Wildman–Crippen MR) is 95.0 cm³/mol. The molecule has 0 unspecified atom stereocenters.